The number of aliphatic carboxylic acids is 3. The summed E-state index contributed by atoms with van der Waals surface area (Å²) in [5.74, 6) is -2.40. The fraction of sp³-hybridized carbons (Fsp3) is 0.857. The van der Waals surface area contributed by atoms with Crippen molar-refractivity contribution in [1.82, 2.24) is 0 Å². The Kier molecular flexibility index (Phi) is 22.3. The Bertz CT molecular complexity index is 465. The van der Waals surface area contributed by atoms with Crippen molar-refractivity contribution in [2.75, 3.05) is 19.8 Å². The molecule has 0 heterocycles. The molecule has 0 atom stereocenters. The van der Waals surface area contributed by atoms with Gasteiger partial charge in [-0.25, -0.2) is 0 Å². The van der Waals surface area contributed by atoms with E-state index in [1.807, 2.05) is 6.92 Å². The minimum absolute atomic E-state index is 0.107. The first kappa shape index (κ1) is 39.5. The standard InChI is InChI=1S/C6H14O3.3C5H10O2S/c1-2-6(3-7,4-8)5-9;3*1-5(2,8)3-4(6)7/h7-9H,2-5H2,1H3;3*8H,3H2,1-2H3,(H,6,7). The van der Waals surface area contributed by atoms with Crippen LogP contribution in [0.5, 0.6) is 0 Å². The van der Waals surface area contributed by atoms with Crippen LogP contribution < -0.4 is 0 Å². The third-order valence-electron chi connectivity index (χ3n) is 3.51. The Hall–Kier alpha value is -0.660. The zero-order valence-corrected chi connectivity index (χ0v) is 23.4. The monoisotopic (exact) mass is 536 g/mol. The van der Waals surface area contributed by atoms with Gasteiger partial charge >= 0.3 is 17.9 Å². The van der Waals surface area contributed by atoms with E-state index in [-0.39, 0.29) is 53.3 Å². The highest BCUT2D eigenvalue weighted by atomic mass is 32.1. The van der Waals surface area contributed by atoms with Gasteiger partial charge in [-0.2, -0.15) is 37.9 Å². The Balaban J connectivity index is -0.000000170. The number of aliphatic hydroxyl groups excluding tert-OH is 3. The van der Waals surface area contributed by atoms with Crippen LogP contribution in [0.15, 0.2) is 0 Å². The van der Waals surface area contributed by atoms with Crippen LogP contribution in [0.4, 0.5) is 0 Å². The van der Waals surface area contributed by atoms with Crippen LogP contribution in [0.25, 0.3) is 0 Å². The van der Waals surface area contributed by atoms with Crippen LogP contribution in [0.1, 0.15) is 74.1 Å². The van der Waals surface area contributed by atoms with E-state index in [9.17, 15) is 14.4 Å². The molecule has 0 rings (SSSR count). The van der Waals surface area contributed by atoms with Gasteiger partial charge in [-0.1, -0.05) is 48.5 Å². The van der Waals surface area contributed by atoms with Crippen LogP contribution in [-0.2, 0) is 14.4 Å². The molecule has 6 N–H and O–H groups in total. The minimum atomic E-state index is -0.801. The molecule has 0 radical (unpaired) electrons. The minimum Gasteiger partial charge on any atom is -0.481 e. The van der Waals surface area contributed by atoms with E-state index in [1.54, 1.807) is 41.5 Å². The predicted octanol–water partition coefficient (Wildman–Crippen LogP) is 2.87. The van der Waals surface area contributed by atoms with E-state index < -0.39 is 23.3 Å². The number of aliphatic hydroxyl groups is 3. The Morgan fingerprint density at radius 3 is 0.758 bits per heavy atom. The summed E-state index contributed by atoms with van der Waals surface area (Å²) < 4.78 is -1.15. The van der Waals surface area contributed by atoms with Crippen molar-refractivity contribution in [3.05, 3.63) is 0 Å². The zero-order chi connectivity index (χ0) is 27.7. The first-order valence-corrected chi connectivity index (χ1v) is 11.5. The first-order chi connectivity index (χ1) is 14.5. The van der Waals surface area contributed by atoms with Crippen LogP contribution in [0.3, 0.4) is 0 Å². The van der Waals surface area contributed by atoms with Gasteiger partial charge in [0.15, 0.2) is 0 Å². The summed E-state index contributed by atoms with van der Waals surface area (Å²) in [5, 5.41) is 50.6. The third kappa shape index (κ3) is 38.9. The summed E-state index contributed by atoms with van der Waals surface area (Å²) in [5.41, 5.74) is -0.667. The van der Waals surface area contributed by atoms with E-state index in [2.05, 4.69) is 37.9 Å². The lowest BCUT2D eigenvalue weighted by atomic mass is 9.88. The fourth-order valence-electron chi connectivity index (χ4n) is 1.60. The molecule has 0 fully saturated rings. The van der Waals surface area contributed by atoms with Crippen molar-refractivity contribution in [3.63, 3.8) is 0 Å². The molecule has 0 bridgehead atoms. The third-order valence-corrected chi connectivity index (χ3v) is 3.98. The topological polar surface area (TPSA) is 173 Å². The second-order valence-corrected chi connectivity index (χ2v) is 13.1. The van der Waals surface area contributed by atoms with Crippen LogP contribution in [-0.4, -0.2) is 82.6 Å². The summed E-state index contributed by atoms with van der Waals surface area (Å²) >= 11 is 12.0. The first-order valence-electron chi connectivity index (χ1n) is 10.1. The van der Waals surface area contributed by atoms with E-state index >= 15 is 0 Å². The fourth-order valence-corrected chi connectivity index (χ4v) is 2.00. The van der Waals surface area contributed by atoms with Crippen LogP contribution in [0, 0.1) is 5.41 Å². The molecule has 0 aliphatic heterocycles. The summed E-state index contributed by atoms with van der Waals surface area (Å²) in [7, 11) is 0. The molecule has 0 saturated heterocycles. The highest BCUT2D eigenvalue weighted by Gasteiger charge is 2.25. The van der Waals surface area contributed by atoms with Gasteiger partial charge in [0.25, 0.3) is 0 Å². The highest BCUT2D eigenvalue weighted by molar-refractivity contribution is 7.82. The molecule has 9 nitrogen and oxygen atoms in total. The van der Waals surface area contributed by atoms with Gasteiger partial charge in [-0.15, -0.1) is 0 Å². The van der Waals surface area contributed by atoms with Crippen molar-refractivity contribution in [2.24, 2.45) is 5.41 Å². The van der Waals surface area contributed by atoms with Gasteiger partial charge < -0.3 is 30.6 Å². The maximum absolute atomic E-state index is 9.97. The number of hydrogen-bond donors (Lipinski definition) is 9. The van der Waals surface area contributed by atoms with Crippen LogP contribution in [0.2, 0.25) is 0 Å². The van der Waals surface area contributed by atoms with Gasteiger partial charge in [-0.3, -0.25) is 14.4 Å². The molecule has 0 aromatic carbocycles. The molecular formula is C21H44O9S3. The number of carboxylic acid groups (broad SMARTS) is 3. The lowest BCUT2D eigenvalue weighted by molar-refractivity contribution is -0.138. The summed E-state index contributed by atoms with van der Waals surface area (Å²) in [4.78, 5) is 29.9. The lowest BCUT2D eigenvalue weighted by Gasteiger charge is -2.24. The average Bonchev–Trinajstić information content (AvgIpc) is 2.52. The molecule has 0 aromatic rings. The van der Waals surface area contributed by atoms with Crippen molar-refractivity contribution >= 4 is 55.8 Å². The number of carboxylic acids is 3. The van der Waals surface area contributed by atoms with Crippen molar-refractivity contribution in [1.29, 1.82) is 0 Å². The molecule has 0 amide bonds. The number of rotatable bonds is 10. The van der Waals surface area contributed by atoms with Gasteiger partial charge in [0, 0.05) is 19.7 Å². The zero-order valence-electron chi connectivity index (χ0n) is 20.7. The molecule has 0 aliphatic rings. The largest absolute Gasteiger partial charge is 0.481 e. The molecule has 0 aliphatic carbocycles. The Morgan fingerprint density at radius 1 is 0.576 bits per heavy atom. The van der Waals surface area contributed by atoms with Crippen molar-refractivity contribution in [2.45, 2.75) is 88.4 Å². The van der Waals surface area contributed by atoms with E-state index in [0.717, 1.165) is 0 Å². The summed E-state index contributed by atoms with van der Waals surface area (Å²) in [6.07, 6.45) is 0.916. The van der Waals surface area contributed by atoms with Gasteiger partial charge in [0.05, 0.1) is 39.1 Å². The van der Waals surface area contributed by atoms with Gasteiger partial charge in [-0.05, 0) is 6.42 Å². The average molecular weight is 537 g/mol. The molecule has 0 unspecified atom stereocenters. The molecule has 0 saturated carbocycles. The molecule has 33 heavy (non-hydrogen) atoms. The molecule has 200 valence electrons. The highest BCUT2D eigenvalue weighted by Crippen LogP contribution is 2.18. The second kappa shape index (κ2) is 18.6. The normalized spacial score (nSPS) is 11.5. The molecule has 12 heteroatoms. The van der Waals surface area contributed by atoms with E-state index in [4.69, 9.17) is 30.6 Å². The maximum atomic E-state index is 9.97. The molecule has 0 aromatic heterocycles. The smallest absolute Gasteiger partial charge is 0.304 e. The molecule has 0 spiro atoms. The Labute approximate surface area is 214 Å². The quantitative estimate of drug-likeness (QED) is 0.190. The predicted molar refractivity (Wildman–Crippen MR) is 140 cm³/mol. The summed E-state index contributed by atoms with van der Waals surface area (Å²) in [6.45, 7) is 12.0. The number of hydrogen-bond acceptors (Lipinski definition) is 9. The molecular weight excluding hydrogens is 492 g/mol. The SMILES string of the molecule is CC(C)(S)CC(=O)O.CC(C)(S)CC(=O)O.CC(C)(S)CC(=O)O.CCC(CO)(CO)CO. The lowest BCUT2D eigenvalue weighted by Crippen LogP contribution is -2.32. The number of carbonyl (C=O) groups is 3. The van der Waals surface area contributed by atoms with Crippen molar-refractivity contribution in [3.8, 4) is 0 Å². The maximum Gasteiger partial charge on any atom is 0.304 e. The van der Waals surface area contributed by atoms with Crippen LogP contribution >= 0.6 is 37.9 Å². The van der Waals surface area contributed by atoms with E-state index in [0.29, 0.717) is 6.42 Å². The Morgan fingerprint density at radius 2 is 0.758 bits per heavy atom. The van der Waals surface area contributed by atoms with Gasteiger partial charge in [0.2, 0.25) is 0 Å². The number of thiol groups is 3. The van der Waals surface area contributed by atoms with Gasteiger partial charge in [0.1, 0.15) is 0 Å². The summed E-state index contributed by atoms with van der Waals surface area (Å²) in [6, 6.07) is 0. The van der Waals surface area contributed by atoms with E-state index in [1.165, 1.54) is 0 Å². The van der Waals surface area contributed by atoms with Crippen molar-refractivity contribution < 1.29 is 45.0 Å². The second-order valence-electron chi connectivity index (χ2n) is 9.48.